The number of hydrogen-bond acceptors (Lipinski definition) is 5. The number of benzene rings is 1. The molecule has 0 bridgehead atoms. The van der Waals surface area contributed by atoms with Crippen LogP contribution in [0.15, 0.2) is 30.5 Å². The summed E-state index contributed by atoms with van der Waals surface area (Å²) in [4.78, 5) is 22.1. The van der Waals surface area contributed by atoms with Crippen molar-refractivity contribution in [2.24, 2.45) is 0 Å². The fourth-order valence-corrected chi connectivity index (χ4v) is 3.58. The number of hydrogen-bond donors (Lipinski definition) is 1. The van der Waals surface area contributed by atoms with Crippen LogP contribution in [0.25, 0.3) is 0 Å². The Bertz CT molecular complexity index is 683. The van der Waals surface area contributed by atoms with Gasteiger partial charge in [-0.15, -0.1) is 23.7 Å². The van der Waals surface area contributed by atoms with Crippen LogP contribution in [0.1, 0.15) is 16.0 Å². The molecule has 0 saturated carbocycles. The lowest BCUT2D eigenvalue weighted by Gasteiger charge is -2.34. The van der Waals surface area contributed by atoms with Crippen molar-refractivity contribution in [3.63, 3.8) is 0 Å². The second-order valence-electron chi connectivity index (χ2n) is 5.93. The first-order valence-electron chi connectivity index (χ1n) is 7.86. The predicted molar refractivity (Wildman–Crippen MR) is 101 cm³/mol. The molecule has 7 heteroatoms. The van der Waals surface area contributed by atoms with E-state index in [0.717, 1.165) is 38.3 Å². The maximum absolute atomic E-state index is 12.5. The van der Waals surface area contributed by atoms with Gasteiger partial charge in [0.2, 0.25) is 5.91 Å². The molecule has 0 radical (unpaired) electrons. The Morgan fingerprint density at radius 1 is 1.25 bits per heavy atom. The van der Waals surface area contributed by atoms with Crippen molar-refractivity contribution >= 4 is 34.8 Å². The maximum atomic E-state index is 12.5. The molecule has 1 aromatic carbocycles. The third kappa shape index (κ3) is 4.69. The highest BCUT2D eigenvalue weighted by atomic mass is 35.5. The zero-order valence-electron chi connectivity index (χ0n) is 13.8. The second-order valence-corrected chi connectivity index (χ2v) is 7.07. The average molecular weight is 367 g/mol. The topological polar surface area (TPSA) is 62.5 Å². The summed E-state index contributed by atoms with van der Waals surface area (Å²) in [6.45, 7) is 6.31. The summed E-state index contributed by atoms with van der Waals surface area (Å²) in [5.41, 5.74) is 7.97. The first-order chi connectivity index (χ1) is 11.1. The Morgan fingerprint density at radius 3 is 2.58 bits per heavy atom. The highest BCUT2D eigenvalue weighted by Gasteiger charge is 2.21. The molecule has 1 aliphatic heterocycles. The number of carbonyl (C=O) groups excluding carboxylic acids is 1. The van der Waals surface area contributed by atoms with Gasteiger partial charge in [-0.05, 0) is 18.1 Å². The van der Waals surface area contributed by atoms with Crippen molar-refractivity contribution in [3.8, 4) is 0 Å². The Labute approximate surface area is 152 Å². The molecule has 2 heterocycles. The van der Waals surface area contributed by atoms with Crippen LogP contribution in [0, 0.1) is 6.92 Å². The fraction of sp³-hybridized carbons (Fsp3) is 0.412. The summed E-state index contributed by atoms with van der Waals surface area (Å²) in [6.07, 6.45) is 2.34. The maximum Gasteiger partial charge on any atom is 0.227 e. The monoisotopic (exact) mass is 366 g/mol. The standard InChI is InChI=1S/C17H22N4OS.ClH/c1-13-4-2-3-5-14(13)10-16(22)21-8-6-20(7-9-21)12-15-11-19-17(18)23-15;/h2-5,11H,6-10,12H2,1H3,(H2,18,19);1H. The van der Waals surface area contributed by atoms with E-state index in [1.54, 1.807) is 0 Å². The van der Waals surface area contributed by atoms with E-state index in [-0.39, 0.29) is 18.3 Å². The fourth-order valence-electron chi connectivity index (χ4n) is 2.85. The van der Waals surface area contributed by atoms with E-state index in [1.165, 1.54) is 21.8 Å². The van der Waals surface area contributed by atoms with Crippen molar-refractivity contribution < 1.29 is 4.79 Å². The third-order valence-corrected chi connectivity index (χ3v) is 5.09. The van der Waals surface area contributed by atoms with Gasteiger partial charge in [-0.2, -0.15) is 0 Å². The number of nitrogens with two attached hydrogens (primary N) is 1. The van der Waals surface area contributed by atoms with Crippen molar-refractivity contribution in [1.29, 1.82) is 0 Å². The largest absolute Gasteiger partial charge is 0.375 e. The van der Waals surface area contributed by atoms with Crippen LogP contribution in [0.5, 0.6) is 0 Å². The Kier molecular flexibility index (Phi) is 6.60. The van der Waals surface area contributed by atoms with Gasteiger partial charge in [-0.3, -0.25) is 9.69 Å². The minimum Gasteiger partial charge on any atom is -0.375 e. The number of thiazole rings is 1. The molecule has 2 aromatic rings. The van der Waals surface area contributed by atoms with Crippen molar-refractivity contribution in [3.05, 3.63) is 46.5 Å². The molecule has 1 saturated heterocycles. The van der Waals surface area contributed by atoms with Gasteiger partial charge in [0, 0.05) is 43.8 Å². The molecule has 3 rings (SSSR count). The zero-order valence-corrected chi connectivity index (χ0v) is 15.4. The van der Waals surface area contributed by atoms with E-state index in [0.29, 0.717) is 11.6 Å². The van der Waals surface area contributed by atoms with E-state index >= 15 is 0 Å². The molecule has 0 spiro atoms. The molecule has 0 unspecified atom stereocenters. The Morgan fingerprint density at radius 2 is 1.96 bits per heavy atom. The minimum absolute atomic E-state index is 0. The van der Waals surface area contributed by atoms with Crippen LogP contribution in [0.3, 0.4) is 0 Å². The number of amides is 1. The predicted octanol–water partition coefficient (Wildman–Crippen LogP) is 2.34. The molecule has 2 N–H and O–H groups in total. The summed E-state index contributed by atoms with van der Waals surface area (Å²) in [5.74, 6) is 0.223. The lowest BCUT2D eigenvalue weighted by atomic mass is 10.1. The number of piperazine rings is 1. The molecule has 130 valence electrons. The molecule has 1 fully saturated rings. The molecule has 0 atom stereocenters. The van der Waals surface area contributed by atoms with Gasteiger partial charge in [-0.1, -0.05) is 24.3 Å². The number of aromatic nitrogens is 1. The number of anilines is 1. The minimum atomic E-state index is 0. The van der Waals surface area contributed by atoms with Gasteiger partial charge in [0.15, 0.2) is 5.13 Å². The van der Waals surface area contributed by atoms with Gasteiger partial charge in [0.05, 0.1) is 6.42 Å². The first-order valence-corrected chi connectivity index (χ1v) is 8.68. The zero-order chi connectivity index (χ0) is 16.2. The van der Waals surface area contributed by atoms with Crippen molar-refractivity contribution in [2.75, 3.05) is 31.9 Å². The average Bonchev–Trinajstić information content (AvgIpc) is 2.95. The Hall–Kier alpha value is -1.63. The van der Waals surface area contributed by atoms with E-state index < -0.39 is 0 Å². The lowest BCUT2D eigenvalue weighted by molar-refractivity contribution is -0.132. The van der Waals surface area contributed by atoms with Gasteiger partial charge < -0.3 is 10.6 Å². The lowest BCUT2D eigenvalue weighted by Crippen LogP contribution is -2.48. The molecule has 0 aliphatic carbocycles. The number of nitrogens with zero attached hydrogens (tertiary/aromatic N) is 3. The van der Waals surface area contributed by atoms with E-state index in [4.69, 9.17) is 5.73 Å². The number of aryl methyl sites for hydroxylation is 1. The van der Waals surface area contributed by atoms with E-state index in [2.05, 4.69) is 22.9 Å². The highest BCUT2D eigenvalue weighted by Crippen LogP contribution is 2.18. The summed E-state index contributed by atoms with van der Waals surface area (Å²) in [5, 5.41) is 0.618. The molecular weight excluding hydrogens is 344 g/mol. The van der Waals surface area contributed by atoms with E-state index in [9.17, 15) is 4.79 Å². The quantitative estimate of drug-likeness (QED) is 0.902. The van der Waals surface area contributed by atoms with Gasteiger partial charge >= 0.3 is 0 Å². The smallest absolute Gasteiger partial charge is 0.227 e. The molecule has 1 aliphatic rings. The number of halogens is 1. The number of nitrogen functional groups attached to an aromatic ring is 1. The highest BCUT2D eigenvalue weighted by molar-refractivity contribution is 7.15. The van der Waals surface area contributed by atoms with Crippen LogP contribution in [-0.2, 0) is 17.8 Å². The van der Waals surface area contributed by atoms with Crippen LogP contribution in [-0.4, -0.2) is 46.9 Å². The normalized spacial score (nSPS) is 15.1. The summed E-state index contributed by atoms with van der Waals surface area (Å²) < 4.78 is 0. The van der Waals surface area contributed by atoms with E-state index in [1.807, 2.05) is 29.3 Å². The van der Waals surface area contributed by atoms with Crippen LogP contribution < -0.4 is 5.73 Å². The Balaban J connectivity index is 0.00000208. The molecule has 1 aromatic heterocycles. The molecule has 24 heavy (non-hydrogen) atoms. The number of rotatable bonds is 4. The number of carbonyl (C=O) groups is 1. The second kappa shape index (κ2) is 8.46. The first kappa shape index (κ1) is 18.7. The molecule has 5 nitrogen and oxygen atoms in total. The third-order valence-electron chi connectivity index (χ3n) is 4.28. The van der Waals surface area contributed by atoms with Crippen LogP contribution >= 0.6 is 23.7 Å². The van der Waals surface area contributed by atoms with Crippen LogP contribution in [0.2, 0.25) is 0 Å². The van der Waals surface area contributed by atoms with Gasteiger partial charge in [0.1, 0.15) is 0 Å². The van der Waals surface area contributed by atoms with Gasteiger partial charge in [-0.25, -0.2) is 4.98 Å². The van der Waals surface area contributed by atoms with Gasteiger partial charge in [0.25, 0.3) is 0 Å². The summed E-state index contributed by atoms with van der Waals surface area (Å²) >= 11 is 1.54. The van der Waals surface area contributed by atoms with Crippen molar-refractivity contribution in [2.45, 2.75) is 19.9 Å². The summed E-state index contributed by atoms with van der Waals surface area (Å²) in [7, 11) is 0. The summed E-state index contributed by atoms with van der Waals surface area (Å²) in [6, 6.07) is 8.10. The van der Waals surface area contributed by atoms with Crippen LogP contribution in [0.4, 0.5) is 5.13 Å². The van der Waals surface area contributed by atoms with Crippen molar-refractivity contribution in [1.82, 2.24) is 14.8 Å². The molecular formula is C17H23ClN4OS. The SMILES string of the molecule is Cc1ccccc1CC(=O)N1CCN(Cc2cnc(N)s2)CC1.Cl. The molecule has 1 amide bonds.